The van der Waals surface area contributed by atoms with Gasteiger partial charge in [-0.25, -0.2) is 9.78 Å². The molecule has 1 aromatic carbocycles. The molecule has 1 heterocycles. The minimum absolute atomic E-state index is 0.0891. The van der Waals surface area contributed by atoms with Crippen LogP contribution in [0, 0.1) is 0 Å². The largest absolute Gasteiger partial charge is 0.496 e. The molecule has 5 nitrogen and oxygen atoms in total. The van der Waals surface area contributed by atoms with Crippen LogP contribution in [0.1, 0.15) is 23.0 Å². The van der Waals surface area contributed by atoms with Crippen molar-refractivity contribution in [3.8, 4) is 17.2 Å². The zero-order valence-corrected chi connectivity index (χ0v) is 10.1. The Balaban J connectivity index is 2.46. The minimum Gasteiger partial charge on any atom is -0.496 e. The standard InChI is InChI=1S/C13H13NO4/c1-3-9-7-18-12(14-9)8-4-5-11(17-2)10(6-8)13(15)16/h4-7H,3H2,1-2H3,(H,15,16). The fraction of sp³-hybridized carbons (Fsp3) is 0.231. The van der Waals surface area contributed by atoms with Gasteiger partial charge in [0.2, 0.25) is 5.89 Å². The summed E-state index contributed by atoms with van der Waals surface area (Å²) in [6.45, 7) is 1.97. The molecule has 0 aliphatic heterocycles. The topological polar surface area (TPSA) is 72.6 Å². The van der Waals surface area contributed by atoms with Crippen LogP contribution in [0.2, 0.25) is 0 Å². The van der Waals surface area contributed by atoms with Crippen molar-refractivity contribution in [2.24, 2.45) is 0 Å². The highest BCUT2D eigenvalue weighted by Crippen LogP contribution is 2.26. The lowest BCUT2D eigenvalue weighted by molar-refractivity contribution is 0.0693. The molecular formula is C13H13NO4. The van der Waals surface area contributed by atoms with Gasteiger partial charge in [-0.1, -0.05) is 6.92 Å². The number of aryl methyl sites for hydroxylation is 1. The zero-order chi connectivity index (χ0) is 13.1. The van der Waals surface area contributed by atoms with Crippen molar-refractivity contribution in [3.63, 3.8) is 0 Å². The van der Waals surface area contributed by atoms with Crippen LogP contribution < -0.4 is 4.74 Å². The normalized spacial score (nSPS) is 10.3. The number of benzene rings is 1. The van der Waals surface area contributed by atoms with E-state index in [0.29, 0.717) is 17.2 Å². The van der Waals surface area contributed by atoms with Gasteiger partial charge in [0.05, 0.1) is 12.8 Å². The van der Waals surface area contributed by atoms with Crippen LogP contribution in [0.4, 0.5) is 0 Å². The molecule has 0 atom stereocenters. The van der Waals surface area contributed by atoms with Crippen molar-refractivity contribution in [2.45, 2.75) is 13.3 Å². The smallest absolute Gasteiger partial charge is 0.339 e. The molecule has 0 amide bonds. The predicted octanol–water partition coefficient (Wildman–Crippen LogP) is 2.61. The number of hydrogen-bond donors (Lipinski definition) is 1. The number of oxazole rings is 1. The number of rotatable bonds is 4. The minimum atomic E-state index is -1.05. The van der Waals surface area contributed by atoms with Gasteiger partial charge in [-0.15, -0.1) is 0 Å². The Morgan fingerprint density at radius 1 is 1.50 bits per heavy atom. The number of ether oxygens (including phenoxy) is 1. The average molecular weight is 247 g/mol. The first kappa shape index (κ1) is 12.2. The van der Waals surface area contributed by atoms with Gasteiger partial charge in [0.25, 0.3) is 0 Å². The molecule has 0 saturated heterocycles. The second kappa shape index (κ2) is 4.91. The van der Waals surface area contributed by atoms with Crippen LogP contribution in [0.5, 0.6) is 5.75 Å². The highest BCUT2D eigenvalue weighted by Gasteiger charge is 2.14. The highest BCUT2D eigenvalue weighted by atomic mass is 16.5. The van der Waals surface area contributed by atoms with Gasteiger partial charge in [0.1, 0.15) is 17.6 Å². The Morgan fingerprint density at radius 3 is 2.83 bits per heavy atom. The number of aromatic carboxylic acids is 1. The summed E-state index contributed by atoms with van der Waals surface area (Å²) in [7, 11) is 1.43. The molecule has 2 rings (SSSR count). The van der Waals surface area contributed by atoms with Crippen LogP contribution >= 0.6 is 0 Å². The number of nitrogens with zero attached hydrogens (tertiary/aromatic N) is 1. The summed E-state index contributed by atoms with van der Waals surface area (Å²) in [4.78, 5) is 15.3. The average Bonchev–Trinajstić information content (AvgIpc) is 2.86. The third-order valence-electron chi connectivity index (χ3n) is 2.59. The summed E-state index contributed by atoms with van der Waals surface area (Å²) in [5.41, 5.74) is 1.54. The van der Waals surface area contributed by atoms with Crippen LogP contribution in [-0.4, -0.2) is 23.2 Å². The van der Waals surface area contributed by atoms with E-state index in [1.807, 2.05) is 6.92 Å². The van der Waals surface area contributed by atoms with Crippen molar-refractivity contribution in [1.82, 2.24) is 4.98 Å². The van der Waals surface area contributed by atoms with E-state index in [2.05, 4.69) is 4.98 Å². The molecule has 0 aliphatic carbocycles. The van der Waals surface area contributed by atoms with Crippen LogP contribution in [0.3, 0.4) is 0 Å². The van der Waals surface area contributed by atoms with Gasteiger partial charge in [0.15, 0.2) is 0 Å². The fourth-order valence-corrected chi connectivity index (χ4v) is 1.61. The Bertz CT molecular complexity index is 574. The maximum atomic E-state index is 11.1. The molecule has 18 heavy (non-hydrogen) atoms. The summed E-state index contributed by atoms with van der Waals surface area (Å²) in [6, 6.07) is 4.80. The molecule has 1 N–H and O–H groups in total. The lowest BCUT2D eigenvalue weighted by Gasteiger charge is -2.05. The predicted molar refractivity (Wildman–Crippen MR) is 64.8 cm³/mol. The van der Waals surface area contributed by atoms with Gasteiger partial charge >= 0.3 is 5.97 Å². The molecule has 0 saturated carbocycles. The fourth-order valence-electron chi connectivity index (χ4n) is 1.61. The molecule has 0 fully saturated rings. The van der Waals surface area contributed by atoms with E-state index in [0.717, 1.165) is 12.1 Å². The van der Waals surface area contributed by atoms with Crippen molar-refractivity contribution in [2.75, 3.05) is 7.11 Å². The maximum absolute atomic E-state index is 11.1. The van der Waals surface area contributed by atoms with Crippen LogP contribution in [0.25, 0.3) is 11.5 Å². The molecule has 5 heteroatoms. The van der Waals surface area contributed by atoms with Gasteiger partial charge in [0, 0.05) is 5.56 Å². The first-order valence-corrected chi connectivity index (χ1v) is 5.51. The Morgan fingerprint density at radius 2 is 2.28 bits per heavy atom. The van der Waals surface area contributed by atoms with Crippen LogP contribution in [0.15, 0.2) is 28.9 Å². The maximum Gasteiger partial charge on any atom is 0.339 e. The second-order valence-electron chi connectivity index (χ2n) is 3.72. The van der Waals surface area contributed by atoms with Gasteiger partial charge in [-0.2, -0.15) is 0 Å². The highest BCUT2D eigenvalue weighted by molar-refractivity contribution is 5.92. The van der Waals surface area contributed by atoms with Gasteiger partial charge in [-0.05, 0) is 24.6 Å². The number of hydrogen-bond acceptors (Lipinski definition) is 4. The molecule has 0 bridgehead atoms. The van der Waals surface area contributed by atoms with E-state index in [1.165, 1.54) is 13.2 Å². The molecular weight excluding hydrogens is 234 g/mol. The number of aromatic nitrogens is 1. The summed E-state index contributed by atoms with van der Waals surface area (Å²) >= 11 is 0. The Hall–Kier alpha value is -2.30. The van der Waals surface area contributed by atoms with Crippen molar-refractivity contribution < 1.29 is 19.1 Å². The number of methoxy groups -OCH3 is 1. The van der Waals surface area contributed by atoms with Gasteiger partial charge in [-0.3, -0.25) is 0 Å². The number of carbonyl (C=O) groups is 1. The molecule has 0 spiro atoms. The summed E-state index contributed by atoms with van der Waals surface area (Å²) in [5, 5.41) is 9.09. The first-order chi connectivity index (χ1) is 8.65. The quantitative estimate of drug-likeness (QED) is 0.899. The second-order valence-corrected chi connectivity index (χ2v) is 3.72. The lowest BCUT2D eigenvalue weighted by atomic mass is 10.1. The SMILES string of the molecule is CCc1coc(-c2ccc(OC)c(C(=O)O)c2)n1. The molecule has 1 aromatic heterocycles. The van der Waals surface area contributed by atoms with E-state index >= 15 is 0 Å². The molecule has 0 radical (unpaired) electrons. The third kappa shape index (κ3) is 2.20. The summed E-state index contributed by atoms with van der Waals surface area (Å²) in [5.74, 6) is -0.318. The van der Waals surface area contributed by atoms with E-state index in [-0.39, 0.29) is 5.56 Å². The van der Waals surface area contributed by atoms with Crippen molar-refractivity contribution >= 4 is 5.97 Å². The van der Waals surface area contributed by atoms with E-state index in [9.17, 15) is 4.79 Å². The Labute approximate surface area is 104 Å². The lowest BCUT2D eigenvalue weighted by Crippen LogP contribution is -2.00. The Kier molecular flexibility index (Phi) is 3.32. The monoisotopic (exact) mass is 247 g/mol. The molecule has 94 valence electrons. The summed E-state index contributed by atoms with van der Waals surface area (Å²) < 4.78 is 10.3. The van der Waals surface area contributed by atoms with Gasteiger partial charge < -0.3 is 14.3 Å². The molecule has 0 aliphatic rings. The van der Waals surface area contributed by atoms with Crippen molar-refractivity contribution in [3.05, 3.63) is 35.7 Å². The van der Waals surface area contributed by atoms with E-state index in [1.54, 1.807) is 18.4 Å². The van der Waals surface area contributed by atoms with E-state index in [4.69, 9.17) is 14.3 Å². The zero-order valence-electron chi connectivity index (χ0n) is 10.1. The number of carboxylic acids is 1. The summed E-state index contributed by atoms with van der Waals surface area (Å²) in [6.07, 6.45) is 2.34. The van der Waals surface area contributed by atoms with Crippen molar-refractivity contribution in [1.29, 1.82) is 0 Å². The van der Waals surface area contributed by atoms with Crippen LogP contribution in [-0.2, 0) is 6.42 Å². The third-order valence-corrected chi connectivity index (χ3v) is 2.59. The first-order valence-electron chi connectivity index (χ1n) is 5.51. The molecule has 0 unspecified atom stereocenters. The van der Waals surface area contributed by atoms with E-state index < -0.39 is 5.97 Å². The number of carboxylic acid groups (broad SMARTS) is 1. The molecule has 2 aromatic rings.